The molecule has 4 heterocycles. The Balaban J connectivity index is 1.74. The Morgan fingerprint density at radius 3 is 2.75 bits per heavy atom. The number of fused-ring (bicyclic) bond motifs is 1. The molecule has 0 radical (unpaired) electrons. The van der Waals surface area contributed by atoms with Gasteiger partial charge in [-0.1, -0.05) is 0 Å². The molecule has 0 unspecified atom stereocenters. The topological polar surface area (TPSA) is 144 Å². The molecule has 1 aliphatic heterocycles. The SMILES string of the molecule is CON(C(=O)CCN)C1CN(c2cc(C)c3c(=O)c(C(=O)O)cn(-c4nccs4)c3n2)C1. The number of hydrogen-bond acceptors (Lipinski definition) is 9. The summed E-state index contributed by atoms with van der Waals surface area (Å²) in [6, 6.07) is 1.60. The van der Waals surface area contributed by atoms with E-state index in [0.717, 1.165) is 0 Å². The van der Waals surface area contributed by atoms with Gasteiger partial charge in [0.05, 0.1) is 18.5 Å². The van der Waals surface area contributed by atoms with Gasteiger partial charge in [-0.25, -0.2) is 19.8 Å². The summed E-state index contributed by atoms with van der Waals surface area (Å²) in [7, 11) is 1.45. The van der Waals surface area contributed by atoms with Crippen LogP contribution >= 0.6 is 11.3 Å². The van der Waals surface area contributed by atoms with E-state index in [1.807, 2.05) is 4.90 Å². The van der Waals surface area contributed by atoms with Gasteiger partial charge in [-0.3, -0.25) is 19.0 Å². The van der Waals surface area contributed by atoms with Crippen LogP contribution in [0.25, 0.3) is 16.2 Å². The Morgan fingerprint density at radius 1 is 1.41 bits per heavy atom. The van der Waals surface area contributed by atoms with E-state index in [9.17, 15) is 19.5 Å². The zero-order chi connectivity index (χ0) is 23.0. The number of nitrogens with zero attached hydrogens (tertiary/aromatic N) is 5. The Morgan fingerprint density at radius 2 is 2.16 bits per heavy atom. The van der Waals surface area contributed by atoms with Crippen molar-refractivity contribution in [1.82, 2.24) is 19.6 Å². The number of hydroxylamine groups is 2. The van der Waals surface area contributed by atoms with Gasteiger partial charge in [0.1, 0.15) is 11.4 Å². The van der Waals surface area contributed by atoms with Crippen LogP contribution in [0.15, 0.2) is 28.6 Å². The molecular formula is C20H22N6O5S. The molecule has 32 heavy (non-hydrogen) atoms. The Kier molecular flexibility index (Phi) is 5.91. The zero-order valence-corrected chi connectivity index (χ0v) is 18.3. The van der Waals surface area contributed by atoms with Crippen molar-refractivity contribution in [2.75, 3.05) is 31.6 Å². The van der Waals surface area contributed by atoms with E-state index in [4.69, 9.17) is 10.6 Å². The van der Waals surface area contributed by atoms with Crippen molar-refractivity contribution in [2.45, 2.75) is 19.4 Å². The second kappa shape index (κ2) is 8.65. The first-order valence-electron chi connectivity index (χ1n) is 9.87. The smallest absolute Gasteiger partial charge is 0.341 e. The predicted octanol–water partition coefficient (Wildman–Crippen LogP) is 0.776. The van der Waals surface area contributed by atoms with Crippen molar-refractivity contribution in [1.29, 1.82) is 0 Å². The fourth-order valence-electron chi connectivity index (χ4n) is 3.75. The molecule has 1 aliphatic rings. The lowest BCUT2D eigenvalue weighted by molar-refractivity contribution is -0.190. The second-order valence-electron chi connectivity index (χ2n) is 7.36. The Labute approximate surface area is 186 Å². The number of carboxylic acids is 1. The lowest BCUT2D eigenvalue weighted by Gasteiger charge is -2.44. The number of carbonyl (C=O) groups excluding carboxylic acids is 1. The van der Waals surface area contributed by atoms with Gasteiger partial charge in [0.15, 0.2) is 10.8 Å². The summed E-state index contributed by atoms with van der Waals surface area (Å²) in [4.78, 5) is 52.8. The zero-order valence-electron chi connectivity index (χ0n) is 17.5. The van der Waals surface area contributed by atoms with E-state index < -0.39 is 11.4 Å². The molecule has 12 heteroatoms. The van der Waals surface area contributed by atoms with Crippen LogP contribution < -0.4 is 16.1 Å². The van der Waals surface area contributed by atoms with Gasteiger partial charge in [0.2, 0.25) is 11.3 Å². The van der Waals surface area contributed by atoms with E-state index in [2.05, 4.69) is 9.97 Å². The van der Waals surface area contributed by atoms with Crippen LogP contribution in [0.2, 0.25) is 0 Å². The minimum atomic E-state index is -1.31. The first kappa shape index (κ1) is 21.9. The van der Waals surface area contributed by atoms with Crippen LogP contribution in [-0.4, -0.2) is 69.4 Å². The number of aromatic carboxylic acids is 1. The average Bonchev–Trinajstić information content (AvgIpc) is 3.24. The highest BCUT2D eigenvalue weighted by Gasteiger charge is 2.36. The number of nitrogens with two attached hydrogens (primary N) is 1. The van der Waals surface area contributed by atoms with Crippen molar-refractivity contribution in [3.63, 3.8) is 0 Å². The van der Waals surface area contributed by atoms with Crippen molar-refractivity contribution in [3.8, 4) is 5.13 Å². The molecule has 11 nitrogen and oxygen atoms in total. The lowest BCUT2D eigenvalue weighted by atomic mass is 10.1. The molecule has 0 bridgehead atoms. The van der Waals surface area contributed by atoms with E-state index in [1.165, 1.54) is 34.3 Å². The molecule has 0 spiro atoms. The molecule has 1 amide bonds. The quantitative estimate of drug-likeness (QED) is 0.491. The number of aromatic nitrogens is 3. The Hall–Kier alpha value is -3.35. The molecule has 3 aromatic rings. The van der Waals surface area contributed by atoms with Crippen molar-refractivity contribution < 1.29 is 19.5 Å². The van der Waals surface area contributed by atoms with Gasteiger partial charge in [-0.2, -0.15) is 0 Å². The number of rotatable bonds is 7. The summed E-state index contributed by atoms with van der Waals surface area (Å²) in [6.07, 6.45) is 3.06. The summed E-state index contributed by atoms with van der Waals surface area (Å²) < 4.78 is 1.53. The van der Waals surface area contributed by atoms with E-state index in [1.54, 1.807) is 24.6 Å². The maximum atomic E-state index is 12.9. The van der Waals surface area contributed by atoms with Gasteiger partial charge in [-0.15, -0.1) is 11.3 Å². The second-order valence-corrected chi connectivity index (χ2v) is 8.23. The third-order valence-corrected chi connectivity index (χ3v) is 6.09. The fourth-order valence-corrected chi connectivity index (χ4v) is 4.37. The number of anilines is 1. The molecule has 4 rings (SSSR count). The number of aryl methyl sites for hydroxylation is 1. The molecular weight excluding hydrogens is 436 g/mol. The van der Waals surface area contributed by atoms with Gasteiger partial charge < -0.3 is 15.7 Å². The third kappa shape index (κ3) is 3.72. The molecule has 1 saturated heterocycles. The molecule has 0 aliphatic carbocycles. The number of pyridine rings is 2. The fraction of sp³-hybridized carbons (Fsp3) is 0.350. The summed E-state index contributed by atoms with van der Waals surface area (Å²) in [5, 5.41) is 13.3. The average molecular weight is 459 g/mol. The summed E-state index contributed by atoms with van der Waals surface area (Å²) in [6.45, 7) is 2.98. The van der Waals surface area contributed by atoms with E-state index >= 15 is 0 Å². The predicted molar refractivity (Wildman–Crippen MR) is 118 cm³/mol. The number of amides is 1. The maximum Gasteiger partial charge on any atom is 0.341 e. The molecule has 0 aromatic carbocycles. The van der Waals surface area contributed by atoms with Crippen molar-refractivity contribution >= 4 is 40.1 Å². The molecule has 1 fully saturated rings. The third-order valence-electron chi connectivity index (χ3n) is 5.32. The molecule has 0 atom stereocenters. The Bertz CT molecular complexity index is 1240. The number of thiazole rings is 1. The van der Waals surface area contributed by atoms with Crippen LogP contribution in [0.1, 0.15) is 22.3 Å². The van der Waals surface area contributed by atoms with Crippen molar-refractivity contribution in [2.24, 2.45) is 5.73 Å². The normalized spacial score (nSPS) is 13.9. The molecule has 0 saturated carbocycles. The summed E-state index contributed by atoms with van der Waals surface area (Å²) in [5.41, 5.74) is 5.48. The van der Waals surface area contributed by atoms with Crippen LogP contribution in [0.4, 0.5) is 5.82 Å². The lowest BCUT2D eigenvalue weighted by Crippen LogP contribution is -2.61. The highest BCUT2D eigenvalue weighted by Crippen LogP contribution is 2.28. The molecule has 168 valence electrons. The highest BCUT2D eigenvalue weighted by molar-refractivity contribution is 7.12. The van der Waals surface area contributed by atoms with Gasteiger partial charge in [0.25, 0.3) is 0 Å². The van der Waals surface area contributed by atoms with Gasteiger partial charge in [-0.05, 0) is 18.6 Å². The standard InChI is InChI=1S/C20H22N6O5S/c1-11-7-14(24-8-12(9-24)26(31-2)15(27)3-4-21)23-18-16(11)17(28)13(19(29)30)10-25(18)20-22-5-6-32-20/h5-7,10,12H,3-4,8-9,21H2,1-2H3,(H,29,30). The summed E-state index contributed by atoms with van der Waals surface area (Å²) >= 11 is 1.30. The van der Waals surface area contributed by atoms with Crippen molar-refractivity contribution in [3.05, 3.63) is 45.2 Å². The van der Waals surface area contributed by atoms with Gasteiger partial charge >= 0.3 is 5.97 Å². The maximum absolute atomic E-state index is 12.9. The molecule has 3 aromatic heterocycles. The monoisotopic (exact) mass is 458 g/mol. The number of hydrogen-bond donors (Lipinski definition) is 2. The molecule has 3 N–H and O–H groups in total. The number of carbonyl (C=O) groups is 2. The van der Waals surface area contributed by atoms with Gasteiger partial charge in [0, 0.05) is 43.8 Å². The minimum absolute atomic E-state index is 0.146. The van der Waals surface area contributed by atoms with Crippen LogP contribution in [0.5, 0.6) is 0 Å². The largest absolute Gasteiger partial charge is 0.477 e. The van der Waals surface area contributed by atoms with Crippen LogP contribution in [0, 0.1) is 6.92 Å². The van der Waals surface area contributed by atoms with E-state index in [-0.39, 0.29) is 35.9 Å². The minimum Gasteiger partial charge on any atom is -0.477 e. The number of carboxylic acid groups (broad SMARTS) is 1. The summed E-state index contributed by atoms with van der Waals surface area (Å²) in [5.74, 6) is -0.875. The first-order valence-corrected chi connectivity index (χ1v) is 10.7. The highest BCUT2D eigenvalue weighted by atomic mass is 32.1. The first-order chi connectivity index (χ1) is 15.3. The van der Waals surface area contributed by atoms with Crippen LogP contribution in [-0.2, 0) is 9.63 Å². The van der Waals surface area contributed by atoms with E-state index in [0.29, 0.717) is 35.2 Å². The van der Waals surface area contributed by atoms with Crippen LogP contribution in [0.3, 0.4) is 0 Å².